The molecule has 0 aromatic heterocycles. The van der Waals surface area contributed by atoms with Gasteiger partial charge in [-0.3, -0.25) is 9.69 Å². The van der Waals surface area contributed by atoms with Crippen LogP contribution in [0.2, 0.25) is 0 Å². The Kier molecular flexibility index (Phi) is 4.87. The number of rotatable bonds is 3. The maximum Gasteiger partial charge on any atom is 0.238 e. The Balaban J connectivity index is 0.00000147. The predicted octanol–water partition coefficient (Wildman–Crippen LogP) is 1.81. The summed E-state index contributed by atoms with van der Waals surface area (Å²) in [5.41, 5.74) is 8.11. The van der Waals surface area contributed by atoms with Gasteiger partial charge in [0.1, 0.15) is 11.4 Å². The molecule has 2 heterocycles. The van der Waals surface area contributed by atoms with E-state index in [4.69, 9.17) is 5.73 Å². The molecular weight excluding hydrogens is 298 g/mol. The average Bonchev–Trinajstić information content (AvgIpc) is 2.98. The monoisotopic (exact) mass is 313 g/mol. The summed E-state index contributed by atoms with van der Waals surface area (Å²) in [7, 11) is 0. The van der Waals surface area contributed by atoms with Gasteiger partial charge in [0.2, 0.25) is 5.91 Å². The lowest BCUT2D eigenvalue weighted by Crippen LogP contribution is -2.33. The highest BCUT2D eigenvalue weighted by atomic mass is 35.5. The van der Waals surface area contributed by atoms with Crippen LogP contribution in [0.3, 0.4) is 0 Å². The zero-order valence-electron chi connectivity index (χ0n) is 10.8. The third-order valence-electron chi connectivity index (χ3n) is 3.24. The number of hydrogen-bond acceptors (Lipinski definition) is 5. The molecule has 3 N–H and O–H groups in total. The van der Waals surface area contributed by atoms with Crippen molar-refractivity contribution >= 4 is 46.7 Å². The molecule has 1 aromatic carbocycles. The van der Waals surface area contributed by atoms with Gasteiger partial charge in [-0.2, -0.15) is 8.73 Å². The van der Waals surface area contributed by atoms with Gasteiger partial charge in [-0.1, -0.05) is 6.07 Å². The second kappa shape index (κ2) is 6.45. The van der Waals surface area contributed by atoms with Crippen molar-refractivity contribution in [3.05, 3.63) is 18.2 Å². The van der Waals surface area contributed by atoms with Crippen LogP contribution < -0.4 is 11.1 Å². The highest BCUT2D eigenvalue weighted by Gasteiger charge is 2.21. The molecule has 1 fully saturated rings. The molecule has 0 bridgehead atoms. The summed E-state index contributed by atoms with van der Waals surface area (Å²) in [6.45, 7) is 2.05. The van der Waals surface area contributed by atoms with Crippen LogP contribution in [0.25, 0.3) is 0 Å². The van der Waals surface area contributed by atoms with Gasteiger partial charge in [-0.15, -0.1) is 12.4 Å². The number of nitrogens with zero attached hydrogens (tertiary/aromatic N) is 3. The van der Waals surface area contributed by atoms with E-state index in [1.165, 1.54) is 0 Å². The Morgan fingerprint density at radius 1 is 1.50 bits per heavy atom. The van der Waals surface area contributed by atoms with Crippen LogP contribution in [0.5, 0.6) is 0 Å². The molecule has 3 rings (SSSR count). The molecule has 1 aromatic rings. The molecular formula is C12H16ClN5OS. The number of fused-ring (bicyclic) bond motifs is 1. The number of anilines is 1. The molecule has 1 atom stereocenters. The molecule has 0 aliphatic carbocycles. The molecule has 2 aliphatic heterocycles. The zero-order chi connectivity index (χ0) is 13.2. The summed E-state index contributed by atoms with van der Waals surface area (Å²) in [5.74, 6) is -0.0328. The molecule has 108 valence electrons. The molecule has 0 saturated carbocycles. The first-order valence-corrected chi connectivity index (χ1v) is 6.94. The number of nitrogens with one attached hydrogen (secondary N) is 1. The van der Waals surface area contributed by atoms with E-state index in [-0.39, 0.29) is 24.4 Å². The van der Waals surface area contributed by atoms with Crippen molar-refractivity contribution in [1.82, 2.24) is 4.90 Å². The van der Waals surface area contributed by atoms with Gasteiger partial charge in [-0.25, -0.2) is 0 Å². The Labute approximate surface area is 127 Å². The molecule has 0 spiro atoms. The number of halogens is 1. The number of benzene rings is 1. The average molecular weight is 314 g/mol. The second-order valence-electron chi connectivity index (χ2n) is 4.77. The largest absolute Gasteiger partial charge is 0.326 e. The van der Waals surface area contributed by atoms with Crippen molar-refractivity contribution in [3.63, 3.8) is 0 Å². The number of hydrogen-bond donors (Lipinski definition) is 2. The number of nitrogens with two attached hydrogens (primary N) is 1. The first kappa shape index (κ1) is 15.1. The lowest BCUT2D eigenvalue weighted by Gasteiger charge is -2.15. The molecule has 1 saturated heterocycles. The van der Waals surface area contributed by atoms with E-state index in [1.807, 2.05) is 18.2 Å². The SMILES string of the molecule is Cl.NC1CCN(CC(=O)Nc2cccc3c2N=S=N3)C1. The van der Waals surface area contributed by atoms with Crippen molar-refractivity contribution in [1.29, 1.82) is 0 Å². The summed E-state index contributed by atoms with van der Waals surface area (Å²) >= 11 is 1.15. The summed E-state index contributed by atoms with van der Waals surface area (Å²) in [6.07, 6.45) is 0.957. The highest BCUT2D eigenvalue weighted by molar-refractivity contribution is 7.58. The maximum atomic E-state index is 12.0. The van der Waals surface area contributed by atoms with E-state index in [0.29, 0.717) is 6.54 Å². The van der Waals surface area contributed by atoms with Gasteiger partial charge in [-0.05, 0) is 18.6 Å². The van der Waals surface area contributed by atoms with E-state index in [0.717, 1.165) is 47.9 Å². The first-order valence-electron chi connectivity index (χ1n) is 6.21. The first-order chi connectivity index (χ1) is 9.22. The Morgan fingerprint density at radius 2 is 2.35 bits per heavy atom. The molecule has 0 radical (unpaired) electrons. The molecule has 1 amide bonds. The molecule has 6 nitrogen and oxygen atoms in total. The lowest BCUT2D eigenvalue weighted by molar-refractivity contribution is -0.117. The van der Waals surface area contributed by atoms with E-state index >= 15 is 0 Å². The van der Waals surface area contributed by atoms with Crippen LogP contribution in [-0.4, -0.2) is 36.5 Å². The number of carbonyl (C=O) groups excluding carboxylic acids is 1. The zero-order valence-corrected chi connectivity index (χ0v) is 12.4. The van der Waals surface area contributed by atoms with E-state index in [2.05, 4.69) is 18.9 Å². The summed E-state index contributed by atoms with van der Waals surface area (Å²) in [4.78, 5) is 14.1. The van der Waals surface area contributed by atoms with E-state index in [1.54, 1.807) is 0 Å². The Hall–Kier alpha value is -1.28. The fraction of sp³-hybridized carbons (Fsp3) is 0.417. The van der Waals surface area contributed by atoms with Gasteiger partial charge < -0.3 is 11.1 Å². The third kappa shape index (κ3) is 3.24. The van der Waals surface area contributed by atoms with Gasteiger partial charge >= 0.3 is 0 Å². The van der Waals surface area contributed by atoms with Crippen LogP contribution in [0, 0.1) is 0 Å². The van der Waals surface area contributed by atoms with Gasteiger partial charge in [0.05, 0.1) is 23.6 Å². The minimum absolute atomic E-state index is 0. The number of likely N-dealkylation sites (tertiary alicyclic amines) is 1. The fourth-order valence-electron chi connectivity index (χ4n) is 2.31. The van der Waals surface area contributed by atoms with Gasteiger partial charge in [0, 0.05) is 19.1 Å². The van der Waals surface area contributed by atoms with E-state index < -0.39 is 0 Å². The summed E-state index contributed by atoms with van der Waals surface area (Å²) in [6, 6.07) is 5.79. The lowest BCUT2D eigenvalue weighted by atomic mass is 10.2. The van der Waals surface area contributed by atoms with Crippen LogP contribution in [0.15, 0.2) is 26.9 Å². The number of amides is 1. The van der Waals surface area contributed by atoms with Crippen molar-refractivity contribution in [3.8, 4) is 0 Å². The molecule has 20 heavy (non-hydrogen) atoms. The normalized spacial score (nSPS) is 20.1. The molecule has 8 heteroatoms. The molecule has 2 aliphatic rings. The van der Waals surface area contributed by atoms with Gasteiger partial charge in [0.25, 0.3) is 0 Å². The van der Waals surface area contributed by atoms with Gasteiger partial charge in [0.15, 0.2) is 0 Å². The Morgan fingerprint density at radius 3 is 3.10 bits per heavy atom. The standard InChI is InChI=1S/C12H15N5OS.ClH/c13-8-4-5-17(6-8)7-11(18)14-9-2-1-3-10-12(9)16-19-15-10;/h1-3,8H,4-7,13H2,(H,14,18);1H. The fourth-order valence-corrected chi connectivity index (χ4v) is 2.86. The van der Waals surface area contributed by atoms with E-state index in [9.17, 15) is 4.79 Å². The second-order valence-corrected chi connectivity index (χ2v) is 5.30. The van der Waals surface area contributed by atoms with Crippen molar-refractivity contribution < 1.29 is 4.79 Å². The number of carbonyl (C=O) groups is 1. The van der Waals surface area contributed by atoms with Crippen LogP contribution >= 0.6 is 12.4 Å². The highest BCUT2D eigenvalue weighted by Crippen LogP contribution is 2.38. The van der Waals surface area contributed by atoms with Crippen LogP contribution in [0.1, 0.15) is 6.42 Å². The Bertz CT molecular complexity index is 587. The van der Waals surface area contributed by atoms with Crippen molar-refractivity contribution in [2.45, 2.75) is 12.5 Å². The maximum absolute atomic E-state index is 12.0. The molecule has 1 unspecified atom stereocenters. The predicted molar refractivity (Wildman–Crippen MR) is 82.9 cm³/mol. The summed E-state index contributed by atoms with van der Waals surface area (Å²) in [5, 5.41) is 2.90. The summed E-state index contributed by atoms with van der Waals surface area (Å²) < 4.78 is 8.35. The van der Waals surface area contributed by atoms with Crippen molar-refractivity contribution in [2.24, 2.45) is 14.5 Å². The minimum Gasteiger partial charge on any atom is -0.326 e. The van der Waals surface area contributed by atoms with Crippen LogP contribution in [-0.2, 0) is 16.1 Å². The van der Waals surface area contributed by atoms with Crippen molar-refractivity contribution in [2.75, 3.05) is 25.0 Å². The third-order valence-corrected chi connectivity index (χ3v) is 3.78. The topological polar surface area (TPSA) is 83.1 Å². The minimum atomic E-state index is -0.0328. The van der Waals surface area contributed by atoms with Crippen LogP contribution in [0.4, 0.5) is 17.1 Å². The smallest absolute Gasteiger partial charge is 0.238 e. The quantitative estimate of drug-likeness (QED) is 0.906.